The molecule has 1 N–H and O–H groups in total. The maximum Gasteiger partial charge on any atom is 0.335 e. The number of hydrogen-bond acceptors (Lipinski definition) is 5. The van der Waals surface area contributed by atoms with Gasteiger partial charge in [-0.15, -0.1) is 0 Å². The number of sulfone groups is 1. The second kappa shape index (κ2) is 7.75. The standard InChI is InChI=1S/C18H23NO6S/c20-17(10-13-3-5-14(6-4-13)18(21)22)19(11-16-2-1-8-25-16)15-7-9-26(23,24)12-15/h3-6,15-16H,1-2,7-12H2,(H,21,22). The fourth-order valence-corrected chi connectivity index (χ4v) is 5.26. The van der Waals surface area contributed by atoms with Gasteiger partial charge < -0.3 is 14.7 Å². The number of nitrogens with zero attached hydrogens (tertiary/aromatic N) is 1. The van der Waals surface area contributed by atoms with Gasteiger partial charge in [0.25, 0.3) is 0 Å². The molecule has 3 rings (SSSR count). The summed E-state index contributed by atoms with van der Waals surface area (Å²) in [5.41, 5.74) is 0.873. The van der Waals surface area contributed by atoms with Crippen LogP contribution in [0.2, 0.25) is 0 Å². The van der Waals surface area contributed by atoms with Gasteiger partial charge in [0, 0.05) is 19.2 Å². The average molecular weight is 381 g/mol. The lowest BCUT2D eigenvalue weighted by Gasteiger charge is -2.30. The molecular formula is C18H23NO6S. The van der Waals surface area contributed by atoms with Crippen LogP contribution in [0.5, 0.6) is 0 Å². The molecule has 2 aliphatic rings. The molecule has 0 spiro atoms. The van der Waals surface area contributed by atoms with Gasteiger partial charge in [-0.3, -0.25) is 4.79 Å². The molecule has 0 aliphatic carbocycles. The number of carboxylic acids is 1. The molecule has 0 aromatic heterocycles. The van der Waals surface area contributed by atoms with Crippen LogP contribution in [0.15, 0.2) is 24.3 Å². The predicted molar refractivity (Wildman–Crippen MR) is 94.9 cm³/mol. The van der Waals surface area contributed by atoms with Crippen LogP contribution >= 0.6 is 0 Å². The number of benzene rings is 1. The van der Waals surface area contributed by atoms with Crippen molar-refractivity contribution in [1.82, 2.24) is 4.90 Å². The summed E-state index contributed by atoms with van der Waals surface area (Å²) in [5, 5.41) is 8.95. The number of rotatable bonds is 6. The van der Waals surface area contributed by atoms with Gasteiger partial charge >= 0.3 is 5.97 Å². The third-order valence-electron chi connectivity index (χ3n) is 4.95. The summed E-state index contributed by atoms with van der Waals surface area (Å²) in [7, 11) is -3.10. The van der Waals surface area contributed by atoms with E-state index in [1.54, 1.807) is 17.0 Å². The van der Waals surface area contributed by atoms with E-state index < -0.39 is 15.8 Å². The predicted octanol–water partition coefficient (Wildman–Crippen LogP) is 1.12. The molecule has 2 heterocycles. The van der Waals surface area contributed by atoms with Gasteiger partial charge in [0.1, 0.15) is 0 Å². The first-order valence-electron chi connectivity index (χ1n) is 8.78. The van der Waals surface area contributed by atoms with Crippen LogP contribution < -0.4 is 0 Å². The number of amides is 1. The fourth-order valence-electron chi connectivity index (χ4n) is 3.52. The molecule has 0 radical (unpaired) electrons. The maximum atomic E-state index is 12.9. The van der Waals surface area contributed by atoms with Gasteiger partial charge in [-0.25, -0.2) is 13.2 Å². The molecule has 1 aromatic carbocycles. The second-order valence-corrected chi connectivity index (χ2v) is 9.15. The van der Waals surface area contributed by atoms with Crippen molar-refractivity contribution in [3.05, 3.63) is 35.4 Å². The number of hydrogen-bond donors (Lipinski definition) is 1. The van der Waals surface area contributed by atoms with E-state index in [1.165, 1.54) is 12.1 Å². The van der Waals surface area contributed by atoms with Gasteiger partial charge in [-0.2, -0.15) is 0 Å². The normalized spacial score (nSPS) is 24.5. The molecule has 2 unspecified atom stereocenters. The molecule has 8 heteroatoms. The Bertz CT molecular complexity index is 767. The lowest BCUT2D eigenvalue weighted by molar-refractivity contribution is -0.134. The summed E-state index contributed by atoms with van der Waals surface area (Å²) in [4.78, 5) is 25.5. The van der Waals surface area contributed by atoms with Crippen molar-refractivity contribution in [2.24, 2.45) is 0 Å². The van der Waals surface area contributed by atoms with Crippen LogP contribution in [-0.4, -0.2) is 67.1 Å². The van der Waals surface area contributed by atoms with Gasteiger partial charge in [-0.05, 0) is 37.0 Å². The van der Waals surface area contributed by atoms with Gasteiger partial charge in [0.15, 0.2) is 9.84 Å². The molecule has 2 saturated heterocycles. The van der Waals surface area contributed by atoms with Crippen molar-refractivity contribution in [3.8, 4) is 0 Å². The monoisotopic (exact) mass is 381 g/mol. The smallest absolute Gasteiger partial charge is 0.335 e. The molecule has 7 nitrogen and oxygen atoms in total. The highest BCUT2D eigenvalue weighted by atomic mass is 32.2. The van der Waals surface area contributed by atoms with E-state index in [0.717, 1.165) is 12.8 Å². The molecule has 1 amide bonds. The number of aromatic carboxylic acids is 1. The SMILES string of the molecule is O=C(O)c1ccc(CC(=O)N(CC2CCCO2)C2CCS(=O)(=O)C2)cc1. The van der Waals surface area contributed by atoms with Gasteiger partial charge in [0.2, 0.25) is 5.91 Å². The first-order valence-corrected chi connectivity index (χ1v) is 10.6. The highest BCUT2D eigenvalue weighted by molar-refractivity contribution is 7.91. The Morgan fingerprint density at radius 3 is 2.46 bits per heavy atom. The summed E-state index contributed by atoms with van der Waals surface area (Å²) in [6.07, 6.45) is 2.35. The van der Waals surface area contributed by atoms with Crippen molar-refractivity contribution in [3.63, 3.8) is 0 Å². The van der Waals surface area contributed by atoms with E-state index in [-0.39, 0.29) is 41.5 Å². The van der Waals surface area contributed by atoms with Crippen LogP contribution in [0, 0.1) is 0 Å². The zero-order chi connectivity index (χ0) is 18.7. The molecule has 2 aliphatic heterocycles. The fraction of sp³-hybridized carbons (Fsp3) is 0.556. The maximum absolute atomic E-state index is 12.9. The minimum atomic E-state index is -3.10. The zero-order valence-electron chi connectivity index (χ0n) is 14.5. The largest absolute Gasteiger partial charge is 0.478 e. The van der Waals surface area contributed by atoms with Gasteiger partial charge in [0.05, 0.1) is 29.6 Å². The van der Waals surface area contributed by atoms with Crippen molar-refractivity contribution >= 4 is 21.7 Å². The third kappa shape index (κ3) is 4.62. The Hall–Kier alpha value is -1.93. The second-order valence-electron chi connectivity index (χ2n) is 6.92. The van der Waals surface area contributed by atoms with Crippen LogP contribution in [0.4, 0.5) is 0 Å². The number of carbonyl (C=O) groups is 2. The Morgan fingerprint density at radius 2 is 1.92 bits per heavy atom. The topological polar surface area (TPSA) is 101 Å². The molecular weight excluding hydrogens is 358 g/mol. The van der Waals surface area contributed by atoms with E-state index in [4.69, 9.17) is 9.84 Å². The van der Waals surface area contributed by atoms with E-state index in [9.17, 15) is 18.0 Å². The van der Waals surface area contributed by atoms with Crippen molar-refractivity contribution < 1.29 is 27.9 Å². The number of carboxylic acid groups (broad SMARTS) is 1. The lowest BCUT2D eigenvalue weighted by Crippen LogP contribution is -2.46. The van der Waals surface area contributed by atoms with Crippen LogP contribution in [0.1, 0.15) is 35.2 Å². The highest BCUT2D eigenvalue weighted by Gasteiger charge is 2.36. The summed E-state index contributed by atoms with van der Waals surface area (Å²) in [6.45, 7) is 1.08. The number of ether oxygens (including phenoxy) is 1. The lowest BCUT2D eigenvalue weighted by atomic mass is 10.1. The van der Waals surface area contributed by atoms with E-state index in [2.05, 4.69) is 0 Å². The van der Waals surface area contributed by atoms with E-state index in [1.807, 2.05) is 0 Å². The minimum Gasteiger partial charge on any atom is -0.478 e. The molecule has 1 aromatic rings. The Kier molecular flexibility index (Phi) is 5.62. The summed E-state index contributed by atoms with van der Waals surface area (Å²) in [6, 6.07) is 5.87. The van der Waals surface area contributed by atoms with Crippen LogP contribution in [0.3, 0.4) is 0 Å². The summed E-state index contributed by atoms with van der Waals surface area (Å²) in [5.74, 6) is -1.05. The number of carbonyl (C=O) groups excluding carboxylic acids is 1. The van der Waals surface area contributed by atoms with Crippen molar-refractivity contribution in [2.45, 2.75) is 37.8 Å². The molecule has 0 bridgehead atoms. The summed E-state index contributed by atoms with van der Waals surface area (Å²) >= 11 is 0. The Balaban J connectivity index is 1.72. The molecule has 142 valence electrons. The first kappa shape index (κ1) is 18.8. The van der Waals surface area contributed by atoms with Crippen LogP contribution in [-0.2, 0) is 25.8 Å². The van der Waals surface area contributed by atoms with E-state index in [0.29, 0.717) is 25.1 Å². The van der Waals surface area contributed by atoms with Crippen LogP contribution in [0.25, 0.3) is 0 Å². The summed E-state index contributed by atoms with van der Waals surface area (Å²) < 4.78 is 29.3. The quantitative estimate of drug-likeness (QED) is 0.792. The van der Waals surface area contributed by atoms with E-state index >= 15 is 0 Å². The highest BCUT2D eigenvalue weighted by Crippen LogP contribution is 2.22. The molecule has 2 atom stereocenters. The molecule has 2 fully saturated rings. The Labute approximate surface area is 152 Å². The van der Waals surface area contributed by atoms with Gasteiger partial charge in [-0.1, -0.05) is 12.1 Å². The third-order valence-corrected chi connectivity index (χ3v) is 6.70. The minimum absolute atomic E-state index is 0.00338. The van der Waals surface area contributed by atoms with Crippen molar-refractivity contribution in [2.75, 3.05) is 24.7 Å². The first-order chi connectivity index (χ1) is 12.3. The molecule has 0 saturated carbocycles. The zero-order valence-corrected chi connectivity index (χ0v) is 15.3. The molecule has 26 heavy (non-hydrogen) atoms. The Morgan fingerprint density at radius 1 is 1.19 bits per heavy atom. The average Bonchev–Trinajstić information content (AvgIpc) is 3.22. The van der Waals surface area contributed by atoms with Crippen molar-refractivity contribution in [1.29, 1.82) is 0 Å².